The monoisotopic (exact) mass is 250 g/mol. The van der Waals surface area contributed by atoms with E-state index in [1.54, 1.807) is 42.7 Å². The Kier molecular flexibility index (Phi) is 3.34. The third-order valence-corrected chi connectivity index (χ3v) is 3.55. The van der Waals surface area contributed by atoms with Crippen molar-refractivity contribution < 1.29 is 9.13 Å². The molecule has 0 fully saturated rings. The SMILES string of the molecule is O=[N+]([O-])c1ccccc1CS(=O)n1cccc1. The molecule has 6 heteroatoms. The predicted molar refractivity (Wildman–Crippen MR) is 64.8 cm³/mol. The van der Waals surface area contributed by atoms with Crippen LogP contribution in [0, 0.1) is 10.1 Å². The largest absolute Gasteiger partial charge is 0.274 e. The smallest absolute Gasteiger partial charge is 0.273 e. The van der Waals surface area contributed by atoms with Crippen LogP contribution in [-0.4, -0.2) is 13.1 Å². The minimum atomic E-state index is -1.32. The van der Waals surface area contributed by atoms with Gasteiger partial charge in [-0.3, -0.25) is 14.1 Å². The summed E-state index contributed by atoms with van der Waals surface area (Å²) in [6, 6.07) is 9.87. The Labute approximate surface area is 100 Å². The van der Waals surface area contributed by atoms with E-state index < -0.39 is 15.9 Å². The van der Waals surface area contributed by atoms with E-state index in [2.05, 4.69) is 0 Å². The fourth-order valence-electron chi connectivity index (χ4n) is 1.47. The van der Waals surface area contributed by atoms with Crippen LogP contribution in [0.4, 0.5) is 5.69 Å². The van der Waals surface area contributed by atoms with Crippen LogP contribution < -0.4 is 0 Å². The zero-order chi connectivity index (χ0) is 12.3. The topological polar surface area (TPSA) is 65.1 Å². The van der Waals surface area contributed by atoms with Crippen LogP contribution in [0.2, 0.25) is 0 Å². The Bertz CT molecular complexity index is 552. The molecule has 0 bridgehead atoms. The number of nitro groups is 1. The number of para-hydroxylation sites is 1. The minimum absolute atomic E-state index is 0.00741. The van der Waals surface area contributed by atoms with E-state index in [4.69, 9.17) is 0 Å². The highest BCUT2D eigenvalue weighted by Crippen LogP contribution is 2.19. The number of nitro benzene ring substituents is 1. The van der Waals surface area contributed by atoms with Gasteiger partial charge < -0.3 is 0 Å². The lowest BCUT2D eigenvalue weighted by Crippen LogP contribution is -2.06. The molecule has 1 aromatic heterocycles. The summed E-state index contributed by atoms with van der Waals surface area (Å²) in [6.45, 7) is 0. The van der Waals surface area contributed by atoms with Gasteiger partial charge in [-0.05, 0) is 12.1 Å². The molecule has 1 heterocycles. The molecule has 1 unspecified atom stereocenters. The van der Waals surface area contributed by atoms with E-state index in [1.165, 1.54) is 10.0 Å². The second-order valence-electron chi connectivity index (χ2n) is 3.39. The molecule has 17 heavy (non-hydrogen) atoms. The summed E-state index contributed by atoms with van der Waals surface area (Å²) in [7, 11) is -1.32. The highest BCUT2D eigenvalue weighted by Gasteiger charge is 2.15. The molecule has 0 spiro atoms. The zero-order valence-corrected chi connectivity index (χ0v) is 9.67. The summed E-state index contributed by atoms with van der Waals surface area (Å²) in [5.74, 6) is 0.131. The molecule has 0 saturated carbocycles. The van der Waals surface area contributed by atoms with Crippen molar-refractivity contribution in [1.82, 2.24) is 3.97 Å². The molecular formula is C11H10N2O3S. The maximum Gasteiger partial charge on any atom is 0.273 e. The van der Waals surface area contributed by atoms with E-state index in [9.17, 15) is 14.3 Å². The van der Waals surface area contributed by atoms with Crippen molar-refractivity contribution in [2.45, 2.75) is 5.75 Å². The Balaban J connectivity index is 2.25. The quantitative estimate of drug-likeness (QED) is 0.616. The van der Waals surface area contributed by atoms with Crippen LogP contribution in [0.1, 0.15) is 5.56 Å². The molecule has 0 radical (unpaired) electrons. The van der Waals surface area contributed by atoms with Crippen molar-refractivity contribution in [2.75, 3.05) is 0 Å². The van der Waals surface area contributed by atoms with Gasteiger partial charge in [-0.1, -0.05) is 18.2 Å². The van der Waals surface area contributed by atoms with E-state index in [0.717, 1.165) is 0 Å². The average molecular weight is 250 g/mol. The lowest BCUT2D eigenvalue weighted by Gasteiger charge is -2.03. The van der Waals surface area contributed by atoms with Crippen molar-refractivity contribution in [3.8, 4) is 0 Å². The van der Waals surface area contributed by atoms with E-state index >= 15 is 0 Å². The van der Waals surface area contributed by atoms with Crippen molar-refractivity contribution in [2.24, 2.45) is 0 Å². The summed E-state index contributed by atoms with van der Waals surface area (Å²) in [6.07, 6.45) is 3.34. The van der Waals surface area contributed by atoms with Gasteiger partial charge in [0, 0.05) is 24.0 Å². The molecule has 2 aromatic rings. The van der Waals surface area contributed by atoms with Gasteiger partial charge in [0.2, 0.25) is 0 Å². The van der Waals surface area contributed by atoms with Crippen molar-refractivity contribution in [1.29, 1.82) is 0 Å². The van der Waals surface area contributed by atoms with Crippen LogP contribution in [0.15, 0.2) is 48.8 Å². The zero-order valence-electron chi connectivity index (χ0n) is 8.85. The number of benzene rings is 1. The molecule has 2 rings (SSSR count). The molecule has 0 saturated heterocycles. The molecule has 5 nitrogen and oxygen atoms in total. The normalized spacial score (nSPS) is 12.2. The Morgan fingerprint density at radius 2 is 1.82 bits per heavy atom. The second-order valence-corrected chi connectivity index (χ2v) is 4.75. The van der Waals surface area contributed by atoms with Gasteiger partial charge in [-0.15, -0.1) is 0 Å². The first kappa shape index (κ1) is 11.5. The molecule has 0 aliphatic carbocycles. The summed E-state index contributed by atoms with van der Waals surface area (Å²) < 4.78 is 13.4. The molecule has 0 amide bonds. The summed E-state index contributed by atoms with van der Waals surface area (Å²) in [4.78, 5) is 10.3. The van der Waals surface area contributed by atoms with Gasteiger partial charge in [0.25, 0.3) is 5.69 Å². The van der Waals surface area contributed by atoms with Gasteiger partial charge in [0.15, 0.2) is 0 Å². The van der Waals surface area contributed by atoms with Gasteiger partial charge in [-0.25, -0.2) is 4.21 Å². The van der Waals surface area contributed by atoms with E-state index in [0.29, 0.717) is 5.56 Å². The van der Waals surface area contributed by atoms with Gasteiger partial charge in [-0.2, -0.15) is 0 Å². The highest BCUT2D eigenvalue weighted by molar-refractivity contribution is 7.82. The van der Waals surface area contributed by atoms with Crippen molar-refractivity contribution in [3.63, 3.8) is 0 Å². The fraction of sp³-hybridized carbons (Fsp3) is 0.0909. The average Bonchev–Trinajstić information content (AvgIpc) is 2.83. The van der Waals surface area contributed by atoms with Crippen LogP contribution in [-0.2, 0) is 16.7 Å². The van der Waals surface area contributed by atoms with E-state index in [1.807, 2.05) is 0 Å². The van der Waals surface area contributed by atoms with Gasteiger partial charge in [0.1, 0.15) is 11.0 Å². The standard InChI is InChI=1S/C11H10N2O3S/c14-13(15)11-6-2-1-5-10(11)9-17(16)12-7-3-4-8-12/h1-8H,9H2. The fourth-order valence-corrected chi connectivity index (χ4v) is 2.54. The third kappa shape index (κ3) is 2.59. The number of rotatable bonds is 4. The van der Waals surface area contributed by atoms with Crippen molar-refractivity contribution in [3.05, 3.63) is 64.5 Å². The van der Waals surface area contributed by atoms with Gasteiger partial charge >= 0.3 is 0 Å². The maximum absolute atomic E-state index is 11.9. The number of hydrogen-bond donors (Lipinski definition) is 0. The van der Waals surface area contributed by atoms with Crippen LogP contribution in [0.3, 0.4) is 0 Å². The lowest BCUT2D eigenvalue weighted by atomic mass is 10.2. The third-order valence-electron chi connectivity index (χ3n) is 2.28. The summed E-state index contributed by atoms with van der Waals surface area (Å²) in [5, 5.41) is 10.8. The minimum Gasteiger partial charge on any atom is -0.274 e. The van der Waals surface area contributed by atoms with Crippen LogP contribution >= 0.6 is 0 Å². The molecule has 1 atom stereocenters. The Morgan fingerprint density at radius 1 is 1.18 bits per heavy atom. The molecule has 0 N–H and O–H groups in total. The summed E-state index contributed by atoms with van der Waals surface area (Å²) >= 11 is 0. The lowest BCUT2D eigenvalue weighted by molar-refractivity contribution is -0.385. The first-order valence-corrected chi connectivity index (χ1v) is 6.20. The van der Waals surface area contributed by atoms with E-state index in [-0.39, 0.29) is 11.4 Å². The molecule has 1 aromatic carbocycles. The molecule has 88 valence electrons. The summed E-state index contributed by atoms with van der Waals surface area (Å²) in [5.41, 5.74) is 0.484. The second kappa shape index (κ2) is 4.92. The predicted octanol–water partition coefficient (Wildman–Crippen LogP) is 2.11. The molecule has 0 aliphatic heterocycles. The number of hydrogen-bond acceptors (Lipinski definition) is 3. The molecule has 0 aliphatic rings. The number of aromatic nitrogens is 1. The van der Waals surface area contributed by atoms with Gasteiger partial charge in [0.05, 0.1) is 10.7 Å². The van der Waals surface area contributed by atoms with Crippen molar-refractivity contribution >= 4 is 16.7 Å². The maximum atomic E-state index is 11.9. The van der Waals surface area contributed by atoms with Crippen LogP contribution in [0.25, 0.3) is 0 Å². The van der Waals surface area contributed by atoms with Crippen LogP contribution in [0.5, 0.6) is 0 Å². The Hall–Kier alpha value is -1.95. The Morgan fingerprint density at radius 3 is 2.47 bits per heavy atom. The molecular weight excluding hydrogens is 240 g/mol. The first-order valence-electron chi connectivity index (χ1n) is 4.92. The first-order chi connectivity index (χ1) is 8.18. The highest BCUT2D eigenvalue weighted by atomic mass is 32.2. The number of nitrogens with zero attached hydrogens (tertiary/aromatic N) is 2.